The first-order chi connectivity index (χ1) is 9.24. The van der Waals surface area contributed by atoms with Crippen LogP contribution in [0.5, 0.6) is 0 Å². The number of aromatic nitrogens is 2. The van der Waals surface area contributed by atoms with Crippen molar-refractivity contribution in [3.8, 4) is 6.07 Å². The van der Waals surface area contributed by atoms with Crippen molar-refractivity contribution >= 4 is 17.4 Å². The Kier molecular flexibility index (Phi) is 4.48. The van der Waals surface area contributed by atoms with Crippen LogP contribution < -0.4 is 5.32 Å². The third-order valence-corrected chi connectivity index (χ3v) is 3.61. The summed E-state index contributed by atoms with van der Waals surface area (Å²) >= 11 is 1.68. The lowest BCUT2D eigenvalue weighted by Gasteiger charge is -2.10. The van der Waals surface area contributed by atoms with Gasteiger partial charge in [0.1, 0.15) is 6.07 Å². The monoisotopic (exact) mass is 272 g/mol. The van der Waals surface area contributed by atoms with Crippen LogP contribution in [0, 0.1) is 11.3 Å². The molecule has 2 aromatic rings. The molecule has 0 saturated heterocycles. The normalized spacial score (nSPS) is 10.2. The number of rotatable bonds is 5. The van der Waals surface area contributed by atoms with E-state index in [4.69, 9.17) is 0 Å². The van der Waals surface area contributed by atoms with Crippen LogP contribution in [0.25, 0.3) is 0 Å². The Balaban J connectivity index is 2.16. The zero-order valence-electron chi connectivity index (χ0n) is 11.1. The van der Waals surface area contributed by atoms with Crippen molar-refractivity contribution in [2.24, 2.45) is 7.05 Å². The standard InChI is InChI=1S/C14H16N4S/c1-3-19-14-6-4-5-13(12(14)9-15)16-10-11-7-8-18(2)17-11/h4-8,16H,3,10H2,1-2H3. The van der Waals surface area contributed by atoms with Crippen LogP contribution in [0.3, 0.4) is 0 Å². The molecule has 4 nitrogen and oxygen atoms in total. The summed E-state index contributed by atoms with van der Waals surface area (Å²) in [6.07, 6.45) is 1.91. The number of anilines is 1. The minimum Gasteiger partial charge on any atom is -0.378 e. The van der Waals surface area contributed by atoms with Gasteiger partial charge in [-0.15, -0.1) is 11.8 Å². The average molecular weight is 272 g/mol. The highest BCUT2D eigenvalue weighted by Crippen LogP contribution is 2.27. The summed E-state index contributed by atoms with van der Waals surface area (Å²) < 4.78 is 1.77. The van der Waals surface area contributed by atoms with Crippen LogP contribution in [0.1, 0.15) is 18.2 Å². The smallest absolute Gasteiger partial charge is 0.102 e. The van der Waals surface area contributed by atoms with Crippen LogP contribution >= 0.6 is 11.8 Å². The predicted octanol–water partition coefficient (Wildman–Crippen LogP) is 3.02. The third kappa shape index (κ3) is 3.30. The SMILES string of the molecule is CCSc1cccc(NCc2ccn(C)n2)c1C#N. The van der Waals surface area contributed by atoms with Crippen molar-refractivity contribution in [2.45, 2.75) is 18.4 Å². The molecule has 1 heterocycles. The van der Waals surface area contributed by atoms with Gasteiger partial charge in [-0.05, 0) is 24.0 Å². The number of hydrogen-bond donors (Lipinski definition) is 1. The quantitative estimate of drug-likeness (QED) is 0.850. The molecule has 0 spiro atoms. The summed E-state index contributed by atoms with van der Waals surface area (Å²) in [4.78, 5) is 1.02. The fraction of sp³-hybridized carbons (Fsp3) is 0.286. The second-order valence-electron chi connectivity index (χ2n) is 4.06. The second-order valence-corrected chi connectivity index (χ2v) is 5.36. The summed E-state index contributed by atoms with van der Waals surface area (Å²) in [5, 5.41) is 16.9. The average Bonchev–Trinajstić information content (AvgIpc) is 2.83. The Hall–Kier alpha value is -1.93. The number of nitriles is 1. The molecule has 0 radical (unpaired) electrons. The van der Waals surface area contributed by atoms with E-state index < -0.39 is 0 Å². The molecule has 0 fully saturated rings. The lowest BCUT2D eigenvalue weighted by Crippen LogP contribution is -2.03. The summed E-state index contributed by atoms with van der Waals surface area (Å²) in [7, 11) is 1.89. The van der Waals surface area contributed by atoms with E-state index in [1.54, 1.807) is 16.4 Å². The van der Waals surface area contributed by atoms with Crippen LogP contribution in [-0.2, 0) is 13.6 Å². The van der Waals surface area contributed by atoms with Gasteiger partial charge < -0.3 is 5.32 Å². The van der Waals surface area contributed by atoms with E-state index >= 15 is 0 Å². The van der Waals surface area contributed by atoms with Gasteiger partial charge in [0.15, 0.2) is 0 Å². The maximum Gasteiger partial charge on any atom is 0.102 e. The summed E-state index contributed by atoms with van der Waals surface area (Å²) in [6, 6.07) is 10.1. The largest absolute Gasteiger partial charge is 0.378 e. The van der Waals surface area contributed by atoms with Crippen LogP contribution in [0.15, 0.2) is 35.4 Å². The van der Waals surface area contributed by atoms with E-state index in [-0.39, 0.29) is 0 Å². The molecule has 0 aliphatic heterocycles. The van der Waals surface area contributed by atoms with Gasteiger partial charge in [-0.25, -0.2) is 0 Å². The molecule has 19 heavy (non-hydrogen) atoms. The van der Waals surface area contributed by atoms with Gasteiger partial charge in [-0.3, -0.25) is 4.68 Å². The zero-order chi connectivity index (χ0) is 13.7. The molecule has 1 aromatic heterocycles. The van der Waals surface area contributed by atoms with E-state index in [0.717, 1.165) is 22.0 Å². The van der Waals surface area contributed by atoms with Crippen molar-refractivity contribution in [1.29, 1.82) is 5.26 Å². The minimum atomic E-state index is 0.621. The Bertz CT molecular complexity index is 598. The summed E-state index contributed by atoms with van der Waals surface area (Å²) in [6.45, 7) is 2.70. The molecule has 0 unspecified atom stereocenters. The van der Waals surface area contributed by atoms with Gasteiger partial charge in [-0.2, -0.15) is 10.4 Å². The number of nitrogens with zero attached hydrogens (tertiary/aromatic N) is 3. The minimum absolute atomic E-state index is 0.621. The highest BCUT2D eigenvalue weighted by atomic mass is 32.2. The summed E-state index contributed by atoms with van der Waals surface area (Å²) in [5.41, 5.74) is 2.54. The van der Waals surface area contributed by atoms with Crippen molar-refractivity contribution in [3.63, 3.8) is 0 Å². The van der Waals surface area contributed by atoms with Crippen molar-refractivity contribution in [1.82, 2.24) is 9.78 Å². The molecule has 98 valence electrons. The maximum atomic E-state index is 9.30. The van der Waals surface area contributed by atoms with Gasteiger partial charge >= 0.3 is 0 Å². The third-order valence-electron chi connectivity index (χ3n) is 2.67. The van der Waals surface area contributed by atoms with Crippen LogP contribution in [0.2, 0.25) is 0 Å². The Morgan fingerprint density at radius 1 is 1.42 bits per heavy atom. The number of benzene rings is 1. The van der Waals surface area contributed by atoms with E-state index in [0.29, 0.717) is 12.1 Å². The Labute approximate surface area is 117 Å². The fourth-order valence-corrected chi connectivity index (χ4v) is 2.60. The molecule has 0 saturated carbocycles. The van der Waals surface area contributed by atoms with E-state index in [1.807, 2.05) is 37.5 Å². The molecule has 5 heteroatoms. The maximum absolute atomic E-state index is 9.30. The van der Waals surface area contributed by atoms with Gasteiger partial charge in [-0.1, -0.05) is 13.0 Å². The lowest BCUT2D eigenvalue weighted by molar-refractivity contribution is 0.747. The fourth-order valence-electron chi connectivity index (χ4n) is 1.81. The Morgan fingerprint density at radius 2 is 2.26 bits per heavy atom. The van der Waals surface area contributed by atoms with Crippen LogP contribution in [-0.4, -0.2) is 15.5 Å². The molecule has 1 aromatic carbocycles. The first-order valence-electron chi connectivity index (χ1n) is 6.13. The number of thioether (sulfide) groups is 1. The van der Waals surface area contributed by atoms with Crippen LogP contribution in [0.4, 0.5) is 5.69 Å². The van der Waals surface area contributed by atoms with Crippen molar-refractivity contribution < 1.29 is 0 Å². The molecule has 0 aliphatic carbocycles. The molecule has 0 aliphatic rings. The van der Waals surface area contributed by atoms with Gasteiger partial charge in [0.2, 0.25) is 0 Å². The predicted molar refractivity (Wildman–Crippen MR) is 78.1 cm³/mol. The van der Waals surface area contributed by atoms with Gasteiger partial charge in [0.25, 0.3) is 0 Å². The van der Waals surface area contributed by atoms with E-state index in [2.05, 4.69) is 23.4 Å². The molecule has 0 atom stereocenters. The highest BCUT2D eigenvalue weighted by Gasteiger charge is 2.08. The van der Waals surface area contributed by atoms with Gasteiger partial charge in [0, 0.05) is 18.1 Å². The van der Waals surface area contributed by atoms with E-state index in [9.17, 15) is 5.26 Å². The topological polar surface area (TPSA) is 53.6 Å². The first-order valence-corrected chi connectivity index (χ1v) is 7.11. The highest BCUT2D eigenvalue weighted by molar-refractivity contribution is 7.99. The van der Waals surface area contributed by atoms with Crippen molar-refractivity contribution in [2.75, 3.05) is 11.1 Å². The zero-order valence-corrected chi connectivity index (χ0v) is 11.9. The Morgan fingerprint density at radius 3 is 2.89 bits per heavy atom. The molecule has 0 amide bonds. The number of aryl methyl sites for hydroxylation is 1. The molecule has 1 N–H and O–H groups in total. The second kappa shape index (κ2) is 6.30. The molecular formula is C14H16N4S. The number of nitrogens with one attached hydrogen (secondary N) is 1. The summed E-state index contributed by atoms with van der Waals surface area (Å²) in [5.74, 6) is 0.957. The first kappa shape index (κ1) is 13.5. The lowest BCUT2D eigenvalue weighted by atomic mass is 10.2. The molecule has 2 rings (SSSR count). The molecular weight excluding hydrogens is 256 g/mol. The van der Waals surface area contributed by atoms with Crippen molar-refractivity contribution in [3.05, 3.63) is 41.7 Å². The molecule has 0 bridgehead atoms. The number of hydrogen-bond acceptors (Lipinski definition) is 4. The van der Waals surface area contributed by atoms with Gasteiger partial charge in [0.05, 0.1) is 23.5 Å². The van der Waals surface area contributed by atoms with E-state index in [1.165, 1.54) is 0 Å².